The van der Waals surface area contributed by atoms with Gasteiger partial charge in [0.2, 0.25) is 0 Å². The molecular weight excluding hydrogens is 356 g/mol. The maximum Gasteiger partial charge on any atom is 0.292 e. The van der Waals surface area contributed by atoms with Crippen molar-refractivity contribution in [1.82, 2.24) is 15.5 Å². The molecule has 0 aliphatic carbocycles. The van der Waals surface area contributed by atoms with Gasteiger partial charge in [0, 0.05) is 25.2 Å². The smallest absolute Gasteiger partial charge is 0.292 e. The third-order valence-corrected chi connectivity index (χ3v) is 4.53. The molecule has 8 nitrogen and oxygen atoms in total. The molecule has 28 heavy (non-hydrogen) atoms. The lowest BCUT2D eigenvalue weighted by Gasteiger charge is -2.21. The van der Waals surface area contributed by atoms with Gasteiger partial charge in [-0.25, -0.2) is 0 Å². The second-order valence-corrected chi connectivity index (χ2v) is 6.68. The van der Waals surface area contributed by atoms with E-state index in [0.29, 0.717) is 24.8 Å². The number of nitrogens with zero attached hydrogens (tertiary/aromatic N) is 3. The van der Waals surface area contributed by atoms with Gasteiger partial charge in [0.15, 0.2) is 5.96 Å². The Hall–Kier alpha value is -2.35. The number of aliphatic imine (C=N–C) groups is 1. The molecule has 0 aromatic heterocycles. The summed E-state index contributed by atoms with van der Waals surface area (Å²) in [5, 5.41) is 20.8. The highest BCUT2D eigenvalue weighted by Gasteiger charge is 2.11. The Bertz CT molecular complexity index is 604. The zero-order valence-corrected chi connectivity index (χ0v) is 17.7. The number of nitrogens with one attached hydrogen (secondary N) is 3. The van der Waals surface area contributed by atoms with Gasteiger partial charge in [-0.15, -0.1) is 0 Å². The second kappa shape index (κ2) is 13.8. The summed E-state index contributed by atoms with van der Waals surface area (Å²) in [6.07, 6.45) is 2.23. The third-order valence-electron chi connectivity index (χ3n) is 4.53. The van der Waals surface area contributed by atoms with Crippen LogP contribution in [-0.2, 0) is 0 Å². The molecule has 0 spiro atoms. The van der Waals surface area contributed by atoms with Crippen LogP contribution in [0.4, 0.5) is 11.4 Å². The van der Waals surface area contributed by atoms with E-state index in [4.69, 9.17) is 0 Å². The van der Waals surface area contributed by atoms with Gasteiger partial charge in [0.25, 0.3) is 5.69 Å². The largest absolute Gasteiger partial charge is 0.378 e. The molecule has 0 heterocycles. The SMILES string of the molecule is CCNC(=NCCNc1ccccc1[N+](=O)[O-])NC(C)CCCN(CC)CC. The number of anilines is 1. The molecule has 0 aliphatic rings. The minimum atomic E-state index is -0.378. The summed E-state index contributed by atoms with van der Waals surface area (Å²) < 4.78 is 0. The molecule has 1 atom stereocenters. The lowest BCUT2D eigenvalue weighted by Crippen LogP contribution is -2.42. The Labute approximate surface area is 168 Å². The molecule has 0 amide bonds. The van der Waals surface area contributed by atoms with Crippen molar-refractivity contribution in [1.29, 1.82) is 0 Å². The number of para-hydroxylation sites is 2. The van der Waals surface area contributed by atoms with Crippen LogP contribution in [0.5, 0.6) is 0 Å². The fourth-order valence-electron chi connectivity index (χ4n) is 2.93. The van der Waals surface area contributed by atoms with E-state index in [0.717, 1.165) is 45.0 Å². The third kappa shape index (κ3) is 9.03. The van der Waals surface area contributed by atoms with Gasteiger partial charge in [0.1, 0.15) is 5.69 Å². The van der Waals surface area contributed by atoms with Crippen LogP contribution in [0, 0.1) is 10.1 Å². The Kier molecular flexibility index (Phi) is 11.6. The van der Waals surface area contributed by atoms with E-state index < -0.39 is 0 Å². The molecule has 8 heteroatoms. The normalized spacial score (nSPS) is 12.7. The molecule has 0 fully saturated rings. The minimum absolute atomic E-state index is 0.0818. The first-order chi connectivity index (χ1) is 13.5. The number of hydrogen-bond donors (Lipinski definition) is 3. The Morgan fingerprint density at radius 3 is 2.61 bits per heavy atom. The highest BCUT2D eigenvalue weighted by molar-refractivity contribution is 5.80. The summed E-state index contributed by atoms with van der Waals surface area (Å²) in [6.45, 7) is 13.7. The Balaban J connectivity index is 2.46. The maximum absolute atomic E-state index is 11.1. The summed E-state index contributed by atoms with van der Waals surface area (Å²) in [6, 6.07) is 6.98. The molecule has 3 N–H and O–H groups in total. The second-order valence-electron chi connectivity index (χ2n) is 6.68. The molecular formula is C20H36N6O2. The van der Waals surface area contributed by atoms with Crippen molar-refractivity contribution >= 4 is 17.3 Å². The topological polar surface area (TPSA) is 94.8 Å². The van der Waals surface area contributed by atoms with Gasteiger partial charge in [-0.05, 0) is 52.4 Å². The Morgan fingerprint density at radius 2 is 1.96 bits per heavy atom. The van der Waals surface area contributed by atoms with Crippen molar-refractivity contribution in [3.8, 4) is 0 Å². The molecule has 1 rings (SSSR count). The molecule has 1 unspecified atom stereocenters. The van der Waals surface area contributed by atoms with E-state index >= 15 is 0 Å². The fourth-order valence-corrected chi connectivity index (χ4v) is 2.93. The molecule has 1 aromatic rings. The minimum Gasteiger partial charge on any atom is -0.378 e. The molecule has 0 aliphatic heterocycles. The van der Waals surface area contributed by atoms with Crippen LogP contribution in [0.3, 0.4) is 0 Å². The van der Waals surface area contributed by atoms with Gasteiger partial charge in [-0.2, -0.15) is 0 Å². The van der Waals surface area contributed by atoms with E-state index in [1.807, 2.05) is 6.92 Å². The average Bonchev–Trinajstić information content (AvgIpc) is 2.68. The standard InChI is InChI=1S/C20H36N6O2/c1-5-21-20(24-17(4)11-10-16-25(6-2)7-3)23-15-14-22-18-12-8-9-13-19(18)26(27)28/h8-9,12-13,17,22H,5-7,10-11,14-16H2,1-4H3,(H2,21,23,24). The summed E-state index contributed by atoms with van der Waals surface area (Å²) in [4.78, 5) is 17.7. The summed E-state index contributed by atoms with van der Waals surface area (Å²) in [5.41, 5.74) is 0.601. The molecule has 158 valence electrons. The predicted octanol–water partition coefficient (Wildman–Crippen LogP) is 3.07. The maximum atomic E-state index is 11.1. The molecule has 0 radical (unpaired) electrons. The van der Waals surface area contributed by atoms with Gasteiger partial charge in [0.05, 0.1) is 11.5 Å². The molecule has 0 bridgehead atoms. The van der Waals surface area contributed by atoms with Crippen LogP contribution in [0.2, 0.25) is 0 Å². The van der Waals surface area contributed by atoms with Crippen molar-refractivity contribution in [2.24, 2.45) is 4.99 Å². The summed E-state index contributed by atoms with van der Waals surface area (Å²) in [5.74, 6) is 0.780. The van der Waals surface area contributed by atoms with Crippen LogP contribution in [-0.4, -0.2) is 61.1 Å². The van der Waals surface area contributed by atoms with E-state index in [1.165, 1.54) is 6.07 Å². The van der Waals surface area contributed by atoms with E-state index in [-0.39, 0.29) is 10.6 Å². The Morgan fingerprint density at radius 1 is 1.25 bits per heavy atom. The first-order valence-corrected chi connectivity index (χ1v) is 10.3. The van der Waals surface area contributed by atoms with Gasteiger partial charge in [-0.1, -0.05) is 26.0 Å². The highest BCUT2D eigenvalue weighted by Crippen LogP contribution is 2.22. The zero-order valence-electron chi connectivity index (χ0n) is 17.7. The van der Waals surface area contributed by atoms with Crippen molar-refractivity contribution < 1.29 is 4.92 Å². The van der Waals surface area contributed by atoms with Gasteiger partial charge in [-0.3, -0.25) is 15.1 Å². The first kappa shape index (κ1) is 23.7. The van der Waals surface area contributed by atoms with Crippen LogP contribution in [0.15, 0.2) is 29.3 Å². The zero-order chi connectivity index (χ0) is 20.8. The van der Waals surface area contributed by atoms with Crippen molar-refractivity contribution in [3.63, 3.8) is 0 Å². The monoisotopic (exact) mass is 392 g/mol. The van der Waals surface area contributed by atoms with E-state index in [9.17, 15) is 10.1 Å². The van der Waals surface area contributed by atoms with Crippen LogP contribution in [0.25, 0.3) is 0 Å². The summed E-state index contributed by atoms with van der Waals surface area (Å²) >= 11 is 0. The lowest BCUT2D eigenvalue weighted by atomic mass is 10.2. The number of hydrogen-bond acceptors (Lipinski definition) is 5. The fraction of sp³-hybridized carbons (Fsp3) is 0.650. The average molecular weight is 393 g/mol. The van der Waals surface area contributed by atoms with Crippen molar-refractivity contribution in [2.75, 3.05) is 44.6 Å². The quantitative estimate of drug-likeness (QED) is 0.157. The van der Waals surface area contributed by atoms with Crippen LogP contribution >= 0.6 is 0 Å². The number of benzene rings is 1. The lowest BCUT2D eigenvalue weighted by molar-refractivity contribution is -0.384. The van der Waals surface area contributed by atoms with E-state index in [1.54, 1.807) is 18.2 Å². The predicted molar refractivity (Wildman–Crippen MR) is 117 cm³/mol. The van der Waals surface area contributed by atoms with E-state index in [2.05, 4.69) is 46.6 Å². The number of rotatable bonds is 13. The molecule has 0 saturated carbocycles. The number of guanidine groups is 1. The van der Waals surface area contributed by atoms with Gasteiger partial charge >= 0.3 is 0 Å². The van der Waals surface area contributed by atoms with Gasteiger partial charge < -0.3 is 20.9 Å². The van der Waals surface area contributed by atoms with Crippen LogP contribution < -0.4 is 16.0 Å². The summed E-state index contributed by atoms with van der Waals surface area (Å²) in [7, 11) is 0. The first-order valence-electron chi connectivity index (χ1n) is 10.3. The molecule has 1 aromatic carbocycles. The van der Waals surface area contributed by atoms with Crippen molar-refractivity contribution in [3.05, 3.63) is 34.4 Å². The van der Waals surface area contributed by atoms with Crippen molar-refractivity contribution in [2.45, 2.75) is 46.6 Å². The number of nitro benzene ring substituents is 1. The van der Waals surface area contributed by atoms with Crippen LogP contribution in [0.1, 0.15) is 40.5 Å². The molecule has 0 saturated heterocycles. The number of nitro groups is 1. The highest BCUT2D eigenvalue weighted by atomic mass is 16.6.